The SMILES string of the molecule is CCC(CC)c1cc[n+]([C@H](C)C(=O)Nc2ccccc2OC)cc1. The third-order valence-electron chi connectivity index (χ3n) is 4.53. The maximum Gasteiger partial charge on any atom is 0.293 e. The zero-order valence-corrected chi connectivity index (χ0v) is 15.0. The van der Waals surface area contributed by atoms with E-state index < -0.39 is 0 Å². The van der Waals surface area contributed by atoms with Crippen molar-refractivity contribution in [3.05, 3.63) is 54.4 Å². The van der Waals surface area contributed by atoms with Crippen molar-refractivity contribution in [2.24, 2.45) is 0 Å². The number of anilines is 1. The number of benzene rings is 1. The number of nitrogens with one attached hydrogen (secondary N) is 1. The minimum absolute atomic E-state index is 0.0696. The molecule has 0 spiro atoms. The lowest BCUT2D eigenvalue weighted by Crippen LogP contribution is -2.44. The number of rotatable bonds is 7. The molecule has 1 heterocycles. The Bertz CT molecular complexity index is 664. The van der Waals surface area contributed by atoms with Crippen LogP contribution in [0, 0.1) is 0 Å². The van der Waals surface area contributed by atoms with Gasteiger partial charge in [-0.05, 0) is 36.5 Å². The van der Waals surface area contributed by atoms with Crippen LogP contribution in [0.15, 0.2) is 48.8 Å². The van der Waals surface area contributed by atoms with Crippen LogP contribution in [0.1, 0.15) is 51.1 Å². The number of carbonyl (C=O) groups is 1. The van der Waals surface area contributed by atoms with Crippen LogP contribution in [-0.2, 0) is 4.79 Å². The molecule has 1 amide bonds. The lowest BCUT2D eigenvalue weighted by atomic mass is 9.95. The fourth-order valence-electron chi connectivity index (χ4n) is 2.86. The molecule has 0 aliphatic carbocycles. The van der Waals surface area contributed by atoms with Gasteiger partial charge < -0.3 is 10.1 Å². The van der Waals surface area contributed by atoms with Crippen LogP contribution in [0.25, 0.3) is 0 Å². The predicted octanol–water partition coefficient (Wildman–Crippen LogP) is 4.09. The number of carbonyl (C=O) groups excluding carboxylic acids is 1. The van der Waals surface area contributed by atoms with Gasteiger partial charge in [0.1, 0.15) is 5.75 Å². The van der Waals surface area contributed by atoms with E-state index in [0.717, 1.165) is 12.8 Å². The monoisotopic (exact) mass is 327 g/mol. The van der Waals surface area contributed by atoms with Crippen LogP contribution in [0.2, 0.25) is 0 Å². The smallest absolute Gasteiger partial charge is 0.293 e. The van der Waals surface area contributed by atoms with Crippen LogP contribution in [0.5, 0.6) is 5.75 Å². The second-order valence-electron chi connectivity index (χ2n) is 5.96. The zero-order chi connectivity index (χ0) is 17.5. The number of amides is 1. The van der Waals surface area contributed by atoms with Crippen molar-refractivity contribution in [2.45, 2.75) is 45.6 Å². The summed E-state index contributed by atoms with van der Waals surface area (Å²) in [7, 11) is 1.60. The molecule has 1 N–H and O–H groups in total. The van der Waals surface area contributed by atoms with Crippen molar-refractivity contribution in [1.29, 1.82) is 0 Å². The highest BCUT2D eigenvalue weighted by Crippen LogP contribution is 2.24. The van der Waals surface area contributed by atoms with Crippen LogP contribution >= 0.6 is 0 Å². The maximum absolute atomic E-state index is 12.5. The average Bonchev–Trinajstić information content (AvgIpc) is 2.63. The number of ether oxygens (including phenoxy) is 1. The molecule has 0 aliphatic rings. The van der Waals surface area contributed by atoms with E-state index in [1.807, 2.05) is 48.1 Å². The molecule has 2 aromatic rings. The van der Waals surface area contributed by atoms with E-state index >= 15 is 0 Å². The van der Waals surface area contributed by atoms with Crippen molar-refractivity contribution in [3.8, 4) is 5.75 Å². The minimum Gasteiger partial charge on any atom is -0.495 e. The standard InChI is InChI=1S/C20H26N2O2/c1-5-16(6-2)17-11-13-22(14-12-17)15(3)20(23)21-18-9-7-8-10-19(18)24-4/h7-16H,5-6H2,1-4H3/p+1/t15-/m1/s1. The molecular weight excluding hydrogens is 300 g/mol. The van der Waals surface area contributed by atoms with E-state index in [-0.39, 0.29) is 11.9 Å². The van der Waals surface area contributed by atoms with Gasteiger partial charge in [0, 0.05) is 19.1 Å². The van der Waals surface area contributed by atoms with Gasteiger partial charge in [0.15, 0.2) is 12.4 Å². The highest BCUT2D eigenvalue weighted by Gasteiger charge is 2.23. The average molecular weight is 327 g/mol. The first-order chi connectivity index (χ1) is 11.6. The predicted molar refractivity (Wildman–Crippen MR) is 96.3 cm³/mol. The number of methoxy groups -OCH3 is 1. The summed E-state index contributed by atoms with van der Waals surface area (Å²) in [5.41, 5.74) is 2.01. The number of aromatic nitrogens is 1. The van der Waals surface area contributed by atoms with Gasteiger partial charge in [-0.15, -0.1) is 0 Å². The summed E-state index contributed by atoms with van der Waals surface area (Å²) >= 11 is 0. The van der Waals surface area contributed by atoms with E-state index in [0.29, 0.717) is 17.4 Å². The van der Waals surface area contributed by atoms with Gasteiger partial charge in [0.2, 0.25) is 6.04 Å². The van der Waals surface area contributed by atoms with Crippen LogP contribution in [0.3, 0.4) is 0 Å². The summed E-state index contributed by atoms with van der Waals surface area (Å²) in [6, 6.07) is 11.4. The lowest BCUT2D eigenvalue weighted by molar-refractivity contribution is -0.705. The molecule has 1 aromatic carbocycles. The first-order valence-corrected chi connectivity index (χ1v) is 8.55. The van der Waals surface area contributed by atoms with Gasteiger partial charge in [-0.2, -0.15) is 4.57 Å². The van der Waals surface area contributed by atoms with Gasteiger partial charge >= 0.3 is 0 Å². The number of pyridine rings is 1. The molecule has 0 saturated carbocycles. The summed E-state index contributed by atoms with van der Waals surface area (Å²) in [6.45, 7) is 6.30. The Morgan fingerprint density at radius 3 is 2.33 bits per heavy atom. The molecule has 2 rings (SSSR count). The molecule has 0 bridgehead atoms. The van der Waals surface area contributed by atoms with E-state index in [4.69, 9.17) is 4.74 Å². The Morgan fingerprint density at radius 2 is 1.75 bits per heavy atom. The Kier molecular flexibility index (Phi) is 6.36. The fourth-order valence-corrected chi connectivity index (χ4v) is 2.86. The molecule has 1 aromatic heterocycles. The van der Waals surface area contributed by atoms with Crippen LogP contribution in [-0.4, -0.2) is 13.0 Å². The molecule has 0 unspecified atom stereocenters. The molecule has 128 valence electrons. The maximum atomic E-state index is 12.5. The van der Waals surface area contributed by atoms with Crippen molar-refractivity contribution in [1.82, 2.24) is 0 Å². The molecule has 0 aliphatic heterocycles. The highest BCUT2D eigenvalue weighted by molar-refractivity contribution is 5.93. The number of nitrogens with zero attached hydrogens (tertiary/aromatic N) is 1. The van der Waals surface area contributed by atoms with Crippen LogP contribution < -0.4 is 14.6 Å². The Morgan fingerprint density at radius 1 is 1.12 bits per heavy atom. The van der Waals surface area contributed by atoms with Crippen LogP contribution in [0.4, 0.5) is 5.69 Å². The summed E-state index contributed by atoms with van der Waals surface area (Å²) in [5, 5.41) is 2.93. The summed E-state index contributed by atoms with van der Waals surface area (Å²) < 4.78 is 7.20. The molecule has 4 nitrogen and oxygen atoms in total. The molecule has 0 saturated heterocycles. The van der Waals surface area contributed by atoms with Crippen molar-refractivity contribution >= 4 is 11.6 Å². The summed E-state index contributed by atoms with van der Waals surface area (Å²) in [6.07, 6.45) is 6.23. The Hall–Kier alpha value is -2.36. The Labute approximate surface area is 144 Å². The van der Waals surface area contributed by atoms with Gasteiger partial charge in [-0.1, -0.05) is 26.0 Å². The highest BCUT2D eigenvalue weighted by atomic mass is 16.5. The molecule has 0 fully saturated rings. The fraction of sp³-hybridized carbons (Fsp3) is 0.400. The minimum atomic E-state index is -0.300. The number of hydrogen-bond donors (Lipinski definition) is 1. The van der Waals surface area contributed by atoms with Crippen molar-refractivity contribution in [2.75, 3.05) is 12.4 Å². The molecule has 24 heavy (non-hydrogen) atoms. The van der Waals surface area contributed by atoms with Gasteiger partial charge in [-0.25, -0.2) is 0 Å². The second kappa shape index (κ2) is 8.48. The van der Waals surface area contributed by atoms with Crippen molar-refractivity contribution in [3.63, 3.8) is 0 Å². The Balaban J connectivity index is 2.10. The zero-order valence-electron chi connectivity index (χ0n) is 15.0. The van der Waals surface area contributed by atoms with Gasteiger partial charge in [0.05, 0.1) is 12.8 Å². The third kappa shape index (κ3) is 4.13. The number of hydrogen-bond acceptors (Lipinski definition) is 2. The molecule has 0 radical (unpaired) electrons. The van der Waals surface area contributed by atoms with E-state index in [1.165, 1.54) is 5.56 Å². The second-order valence-corrected chi connectivity index (χ2v) is 5.96. The normalized spacial score (nSPS) is 12.0. The topological polar surface area (TPSA) is 42.2 Å². The van der Waals surface area contributed by atoms with E-state index in [2.05, 4.69) is 31.3 Å². The third-order valence-corrected chi connectivity index (χ3v) is 4.53. The number of para-hydroxylation sites is 2. The molecular formula is C20H27N2O2+. The first-order valence-electron chi connectivity index (χ1n) is 8.55. The largest absolute Gasteiger partial charge is 0.495 e. The van der Waals surface area contributed by atoms with E-state index in [1.54, 1.807) is 7.11 Å². The lowest BCUT2D eigenvalue weighted by Gasteiger charge is -2.14. The summed E-state index contributed by atoms with van der Waals surface area (Å²) in [5.74, 6) is 1.17. The molecule has 4 heteroatoms. The molecule has 1 atom stereocenters. The van der Waals surface area contributed by atoms with Gasteiger partial charge in [-0.3, -0.25) is 4.79 Å². The quantitative estimate of drug-likeness (QED) is 0.778. The van der Waals surface area contributed by atoms with Crippen molar-refractivity contribution < 1.29 is 14.1 Å². The van der Waals surface area contributed by atoms with Gasteiger partial charge in [0.25, 0.3) is 5.91 Å². The van der Waals surface area contributed by atoms with E-state index in [9.17, 15) is 4.79 Å². The summed E-state index contributed by atoms with van der Waals surface area (Å²) in [4.78, 5) is 12.5. The first kappa shape index (κ1) is 18.0.